The van der Waals surface area contributed by atoms with Crippen LogP contribution in [-0.2, 0) is 21.2 Å². The fourth-order valence-electron chi connectivity index (χ4n) is 4.16. The Hall–Kier alpha value is -3.17. The van der Waals surface area contributed by atoms with Crippen LogP contribution in [0.3, 0.4) is 0 Å². The predicted molar refractivity (Wildman–Crippen MR) is 120 cm³/mol. The number of H-pyrrole nitrogens is 1. The number of carbonyl (C=O) groups is 1. The number of amidine groups is 1. The predicted octanol–water partition coefficient (Wildman–Crippen LogP) is 2.07. The quantitative estimate of drug-likeness (QED) is 0.651. The third-order valence-electron chi connectivity index (χ3n) is 5.79. The number of aromatic amines is 1. The van der Waals surface area contributed by atoms with Crippen LogP contribution in [0.4, 0.5) is 5.69 Å². The Morgan fingerprint density at radius 1 is 1.00 bits per heavy atom. The molecule has 2 aliphatic rings. The number of anilines is 1. The van der Waals surface area contributed by atoms with Crippen molar-refractivity contribution in [3.05, 3.63) is 60.3 Å². The zero-order chi connectivity index (χ0) is 21.4. The van der Waals surface area contributed by atoms with Crippen molar-refractivity contribution in [3.63, 3.8) is 0 Å². The second kappa shape index (κ2) is 7.82. The molecule has 9 heteroatoms. The lowest BCUT2D eigenvalue weighted by Crippen LogP contribution is -2.51. The van der Waals surface area contributed by atoms with Gasteiger partial charge in [-0.05, 0) is 23.8 Å². The SMILES string of the molecule is O=C(Cc1c[nH]c2ccccc12)N1CCN(CC2=NS(=O)(=O)c3ccccc3N2)CC1. The molecule has 5 rings (SSSR count). The molecule has 1 fully saturated rings. The van der Waals surface area contributed by atoms with Crippen LogP contribution in [0.5, 0.6) is 0 Å². The molecule has 160 valence electrons. The number of carbonyl (C=O) groups excluding carboxylic acids is 1. The van der Waals surface area contributed by atoms with Crippen molar-refractivity contribution in [3.8, 4) is 0 Å². The first-order chi connectivity index (χ1) is 15.0. The molecule has 1 saturated heterocycles. The summed E-state index contributed by atoms with van der Waals surface area (Å²) in [6.07, 6.45) is 2.28. The number of piperazine rings is 1. The van der Waals surface area contributed by atoms with Gasteiger partial charge in [0.05, 0.1) is 18.7 Å². The Balaban J connectivity index is 1.19. The van der Waals surface area contributed by atoms with E-state index < -0.39 is 10.0 Å². The third-order valence-corrected chi connectivity index (χ3v) is 7.16. The van der Waals surface area contributed by atoms with Crippen molar-refractivity contribution in [1.82, 2.24) is 14.8 Å². The van der Waals surface area contributed by atoms with E-state index in [2.05, 4.69) is 19.6 Å². The van der Waals surface area contributed by atoms with Gasteiger partial charge in [-0.25, -0.2) is 0 Å². The number of sulfonamides is 1. The molecule has 31 heavy (non-hydrogen) atoms. The highest BCUT2D eigenvalue weighted by Crippen LogP contribution is 2.26. The summed E-state index contributed by atoms with van der Waals surface area (Å²) >= 11 is 0. The summed E-state index contributed by atoms with van der Waals surface area (Å²) in [5.74, 6) is 0.520. The number of rotatable bonds is 4. The molecule has 1 amide bonds. The van der Waals surface area contributed by atoms with E-state index in [4.69, 9.17) is 0 Å². The monoisotopic (exact) mass is 437 g/mol. The van der Waals surface area contributed by atoms with Gasteiger partial charge < -0.3 is 15.2 Å². The van der Waals surface area contributed by atoms with Gasteiger partial charge >= 0.3 is 0 Å². The van der Waals surface area contributed by atoms with Crippen LogP contribution in [-0.4, -0.2) is 67.7 Å². The number of nitrogens with one attached hydrogen (secondary N) is 2. The maximum atomic E-state index is 12.8. The number of benzene rings is 2. The third kappa shape index (κ3) is 3.94. The molecule has 0 saturated carbocycles. The molecule has 0 atom stereocenters. The van der Waals surface area contributed by atoms with Gasteiger partial charge in [0.1, 0.15) is 10.7 Å². The van der Waals surface area contributed by atoms with Crippen LogP contribution in [0.15, 0.2) is 64.0 Å². The Bertz CT molecular complexity index is 1270. The van der Waals surface area contributed by atoms with Crippen molar-refractivity contribution < 1.29 is 13.2 Å². The van der Waals surface area contributed by atoms with Crippen molar-refractivity contribution >= 4 is 38.4 Å². The molecule has 2 aromatic carbocycles. The summed E-state index contributed by atoms with van der Waals surface area (Å²) in [6, 6.07) is 14.7. The summed E-state index contributed by atoms with van der Waals surface area (Å²) in [6.45, 7) is 2.96. The molecule has 1 aromatic heterocycles. The van der Waals surface area contributed by atoms with Gasteiger partial charge in [-0.2, -0.15) is 8.42 Å². The standard InChI is InChI=1S/C22H23N5O3S/c28-22(13-16-14-23-18-6-2-1-5-17(16)18)27-11-9-26(10-12-27)15-21-24-19-7-3-4-8-20(19)31(29,30)25-21/h1-8,14,23H,9-13,15H2,(H,24,25). The second-order valence-electron chi connectivity index (χ2n) is 7.83. The van der Waals surface area contributed by atoms with Crippen LogP contribution in [0.25, 0.3) is 10.9 Å². The molecule has 0 spiro atoms. The van der Waals surface area contributed by atoms with Crippen molar-refractivity contribution in [2.24, 2.45) is 4.40 Å². The van der Waals surface area contributed by atoms with Crippen LogP contribution in [0.2, 0.25) is 0 Å². The van der Waals surface area contributed by atoms with E-state index in [0.717, 1.165) is 16.5 Å². The maximum Gasteiger partial charge on any atom is 0.286 e. The normalized spacial score (nSPS) is 18.3. The molecule has 0 aliphatic carbocycles. The molecule has 0 radical (unpaired) electrons. The van der Waals surface area contributed by atoms with E-state index in [1.165, 1.54) is 0 Å². The molecule has 3 heterocycles. The van der Waals surface area contributed by atoms with Crippen molar-refractivity contribution in [2.45, 2.75) is 11.3 Å². The lowest BCUT2D eigenvalue weighted by atomic mass is 10.1. The van der Waals surface area contributed by atoms with E-state index >= 15 is 0 Å². The van der Waals surface area contributed by atoms with Gasteiger partial charge in [0.25, 0.3) is 10.0 Å². The first-order valence-corrected chi connectivity index (χ1v) is 11.7. The van der Waals surface area contributed by atoms with Crippen LogP contribution in [0.1, 0.15) is 5.56 Å². The Kier molecular flexibility index (Phi) is 4.99. The highest BCUT2D eigenvalue weighted by atomic mass is 32.2. The Labute approximate surface area is 180 Å². The summed E-state index contributed by atoms with van der Waals surface area (Å²) in [5.41, 5.74) is 2.60. The number of hydrogen-bond acceptors (Lipinski definition) is 5. The topological polar surface area (TPSA) is 97.9 Å². The van der Waals surface area contributed by atoms with E-state index in [1.807, 2.05) is 35.4 Å². The van der Waals surface area contributed by atoms with Gasteiger partial charge in [-0.3, -0.25) is 9.69 Å². The lowest BCUT2D eigenvalue weighted by Gasteiger charge is -2.35. The van der Waals surface area contributed by atoms with Crippen LogP contribution in [0, 0.1) is 0 Å². The zero-order valence-corrected chi connectivity index (χ0v) is 17.7. The first-order valence-electron chi connectivity index (χ1n) is 10.2. The fraction of sp³-hybridized carbons (Fsp3) is 0.273. The minimum atomic E-state index is -3.68. The Morgan fingerprint density at radius 2 is 1.74 bits per heavy atom. The number of fused-ring (bicyclic) bond motifs is 2. The molecule has 3 aromatic rings. The molecule has 2 aliphatic heterocycles. The van der Waals surface area contributed by atoms with Gasteiger partial charge in [0.2, 0.25) is 5.91 Å². The average Bonchev–Trinajstić information content (AvgIpc) is 3.17. The van der Waals surface area contributed by atoms with E-state index in [9.17, 15) is 13.2 Å². The Morgan fingerprint density at radius 3 is 2.58 bits per heavy atom. The summed E-state index contributed by atoms with van der Waals surface area (Å²) in [7, 11) is -3.68. The van der Waals surface area contributed by atoms with E-state index in [-0.39, 0.29) is 10.8 Å². The summed E-state index contributed by atoms with van der Waals surface area (Å²) in [4.78, 5) is 20.2. The van der Waals surface area contributed by atoms with Crippen LogP contribution >= 0.6 is 0 Å². The minimum Gasteiger partial charge on any atom is -0.361 e. The highest BCUT2D eigenvalue weighted by Gasteiger charge is 2.27. The van der Waals surface area contributed by atoms with Crippen LogP contribution < -0.4 is 5.32 Å². The number of nitrogens with zero attached hydrogens (tertiary/aromatic N) is 3. The van der Waals surface area contributed by atoms with Gasteiger partial charge in [-0.1, -0.05) is 30.3 Å². The zero-order valence-electron chi connectivity index (χ0n) is 16.9. The molecule has 0 unspecified atom stereocenters. The first kappa shape index (κ1) is 19.8. The second-order valence-corrected chi connectivity index (χ2v) is 9.40. The van der Waals surface area contributed by atoms with Gasteiger partial charge in [-0.15, -0.1) is 4.40 Å². The summed E-state index contributed by atoms with van der Waals surface area (Å²) < 4.78 is 28.8. The molecule has 8 nitrogen and oxygen atoms in total. The van der Waals surface area contributed by atoms with Crippen molar-refractivity contribution in [1.29, 1.82) is 0 Å². The van der Waals surface area contributed by atoms with Gasteiger partial charge in [0.15, 0.2) is 0 Å². The molecular weight excluding hydrogens is 414 g/mol. The molecular formula is C22H23N5O3S. The summed E-state index contributed by atoms with van der Waals surface area (Å²) in [5, 5.41) is 4.21. The smallest absolute Gasteiger partial charge is 0.286 e. The number of aromatic nitrogens is 1. The number of hydrogen-bond donors (Lipinski definition) is 2. The molecule has 0 bridgehead atoms. The van der Waals surface area contributed by atoms with E-state index in [1.54, 1.807) is 24.3 Å². The van der Waals surface area contributed by atoms with Crippen molar-refractivity contribution in [2.75, 3.05) is 38.0 Å². The molecule has 2 N–H and O–H groups in total. The number of para-hydroxylation sites is 2. The largest absolute Gasteiger partial charge is 0.361 e. The fourth-order valence-corrected chi connectivity index (χ4v) is 5.29. The minimum absolute atomic E-state index is 0.106. The number of amides is 1. The van der Waals surface area contributed by atoms with E-state index in [0.29, 0.717) is 50.7 Å². The maximum absolute atomic E-state index is 12.8. The highest BCUT2D eigenvalue weighted by molar-refractivity contribution is 7.90. The van der Waals surface area contributed by atoms with Gasteiger partial charge in [0, 0.05) is 43.3 Å². The average molecular weight is 438 g/mol. The lowest BCUT2D eigenvalue weighted by molar-refractivity contribution is -0.132.